The summed E-state index contributed by atoms with van der Waals surface area (Å²) in [4.78, 5) is 2.48. The van der Waals surface area contributed by atoms with E-state index in [1.54, 1.807) is 0 Å². The Balaban J connectivity index is 2.00. The highest BCUT2D eigenvalue weighted by atomic mass is 15.1. The minimum atomic E-state index is 0.821. The van der Waals surface area contributed by atoms with Crippen molar-refractivity contribution in [3.05, 3.63) is 29.8 Å². The smallest absolute Gasteiger partial charge is 0.0366 e. The van der Waals surface area contributed by atoms with Gasteiger partial charge in [0.2, 0.25) is 0 Å². The highest BCUT2D eigenvalue weighted by Crippen LogP contribution is 2.18. The maximum atomic E-state index is 3.44. The van der Waals surface area contributed by atoms with Gasteiger partial charge in [-0.2, -0.15) is 0 Å². The van der Waals surface area contributed by atoms with E-state index in [1.807, 2.05) is 0 Å². The Kier molecular flexibility index (Phi) is 3.83. The fraction of sp³-hybridized carbons (Fsp3) is 0.571. The molecule has 2 heteroatoms. The second-order valence-corrected chi connectivity index (χ2v) is 4.73. The molecule has 88 valence electrons. The summed E-state index contributed by atoms with van der Waals surface area (Å²) in [5.74, 6) is 0.821. The Morgan fingerprint density at radius 1 is 1.31 bits per heavy atom. The Hall–Kier alpha value is -1.02. The molecule has 0 radical (unpaired) electrons. The van der Waals surface area contributed by atoms with Crippen LogP contribution in [0.25, 0.3) is 0 Å². The lowest BCUT2D eigenvalue weighted by atomic mass is 10.1. The first kappa shape index (κ1) is 11.5. The topological polar surface area (TPSA) is 15.3 Å². The third kappa shape index (κ3) is 2.76. The van der Waals surface area contributed by atoms with Crippen molar-refractivity contribution in [2.75, 3.05) is 31.1 Å². The summed E-state index contributed by atoms with van der Waals surface area (Å²) >= 11 is 0. The number of hydrogen-bond acceptors (Lipinski definition) is 2. The summed E-state index contributed by atoms with van der Waals surface area (Å²) in [6, 6.07) is 8.87. The molecule has 1 heterocycles. The second kappa shape index (κ2) is 5.35. The summed E-state index contributed by atoms with van der Waals surface area (Å²) in [5.41, 5.74) is 2.70. The third-order valence-electron chi connectivity index (χ3n) is 3.42. The van der Waals surface area contributed by atoms with Crippen LogP contribution in [0.3, 0.4) is 0 Å². The molecule has 1 fully saturated rings. The first-order valence-corrected chi connectivity index (χ1v) is 6.32. The van der Waals surface area contributed by atoms with E-state index in [0.29, 0.717) is 0 Å². The van der Waals surface area contributed by atoms with Gasteiger partial charge in [-0.3, -0.25) is 0 Å². The van der Waals surface area contributed by atoms with Crippen LogP contribution in [0.15, 0.2) is 24.3 Å². The van der Waals surface area contributed by atoms with Gasteiger partial charge in [0, 0.05) is 18.8 Å². The molecule has 1 aliphatic rings. The molecule has 1 aliphatic heterocycles. The minimum absolute atomic E-state index is 0.821. The maximum Gasteiger partial charge on any atom is 0.0366 e. The van der Waals surface area contributed by atoms with E-state index in [-0.39, 0.29) is 0 Å². The molecule has 0 aromatic heterocycles. The predicted molar refractivity (Wildman–Crippen MR) is 70.0 cm³/mol. The molecular formula is C14H22N2. The van der Waals surface area contributed by atoms with Gasteiger partial charge in [0.1, 0.15) is 0 Å². The number of nitrogens with zero attached hydrogens (tertiary/aromatic N) is 1. The van der Waals surface area contributed by atoms with E-state index in [0.717, 1.165) is 12.5 Å². The van der Waals surface area contributed by atoms with Crippen LogP contribution in [0.5, 0.6) is 0 Å². The van der Waals surface area contributed by atoms with E-state index < -0.39 is 0 Å². The van der Waals surface area contributed by atoms with Crippen LogP contribution in [0.4, 0.5) is 5.69 Å². The number of rotatable bonds is 4. The van der Waals surface area contributed by atoms with Crippen LogP contribution in [-0.2, 0) is 0 Å². The van der Waals surface area contributed by atoms with E-state index in [1.165, 1.54) is 37.3 Å². The summed E-state index contributed by atoms with van der Waals surface area (Å²) < 4.78 is 0. The molecule has 1 N–H and O–H groups in total. The lowest BCUT2D eigenvalue weighted by Gasteiger charge is -2.26. The predicted octanol–water partition coefficient (Wildman–Crippen LogP) is 2.43. The van der Waals surface area contributed by atoms with Crippen molar-refractivity contribution in [3.63, 3.8) is 0 Å². The largest absolute Gasteiger partial charge is 0.371 e. The van der Waals surface area contributed by atoms with Crippen molar-refractivity contribution < 1.29 is 0 Å². The summed E-state index contributed by atoms with van der Waals surface area (Å²) in [7, 11) is 0. The summed E-state index contributed by atoms with van der Waals surface area (Å²) in [6.07, 6.45) is 1.32. The molecule has 2 rings (SSSR count). The maximum absolute atomic E-state index is 3.44. The van der Waals surface area contributed by atoms with Gasteiger partial charge in [0.15, 0.2) is 0 Å². The molecule has 2 nitrogen and oxygen atoms in total. The van der Waals surface area contributed by atoms with Gasteiger partial charge in [0.25, 0.3) is 0 Å². The molecule has 0 saturated carbocycles. The highest BCUT2D eigenvalue weighted by Gasteiger charge is 2.17. The highest BCUT2D eigenvalue weighted by molar-refractivity contribution is 5.47. The van der Waals surface area contributed by atoms with Gasteiger partial charge >= 0.3 is 0 Å². The van der Waals surface area contributed by atoms with Crippen molar-refractivity contribution in [2.24, 2.45) is 5.92 Å². The molecule has 1 unspecified atom stereocenters. The molecule has 1 aromatic carbocycles. The number of anilines is 1. The van der Waals surface area contributed by atoms with E-state index in [9.17, 15) is 0 Å². The number of hydrogen-bond donors (Lipinski definition) is 1. The molecule has 0 spiro atoms. The average Bonchev–Trinajstić information content (AvgIpc) is 2.80. The molecule has 0 aliphatic carbocycles. The van der Waals surface area contributed by atoms with Crippen LogP contribution >= 0.6 is 0 Å². The zero-order chi connectivity index (χ0) is 11.4. The normalized spacial score (nSPS) is 20.0. The minimum Gasteiger partial charge on any atom is -0.371 e. The van der Waals surface area contributed by atoms with Crippen LogP contribution in [0.1, 0.15) is 18.9 Å². The van der Waals surface area contributed by atoms with Crippen molar-refractivity contribution in [1.82, 2.24) is 5.32 Å². The zero-order valence-corrected chi connectivity index (χ0v) is 10.4. The molecule has 1 atom stereocenters. The van der Waals surface area contributed by atoms with Crippen LogP contribution in [0, 0.1) is 12.8 Å². The number of nitrogens with one attached hydrogen (secondary N) is 1. The number of aryl methyl sites for hydroxylation is 1. The van der Waals surface area contributed by atoms with Crippen molar-refractivity contribution in [2.45, 2.75) is 20.3 Å². The zero-order valence-electron chi connectivity index (χ0n) is 10.4. The van der Waals surface area contributed by atoms with Gasteiger partial charge in [-0.05, 0) is 51.4 Å². The standard InChI is InChI=1S/C14H22N2/c1-3-16(11-13-8-9-15-10-13)14-6-4-12(2)5-7-14/h4-7,13,15H,3,8-11H2,1-2H3. The Labute approximate surface area is 98.7 Å². The van der Waals surface area contributed by atoms with E-state index >= 15 is 0 Å². The Morgan fingerprint density at radius 2 is 2.06 bits per heavy atom. The molecule has 1 saturated heterocycles. The van der Waals surface area contributed by atoms with Gasteiger partial charge in [0.05, 0.1) is 0 Å². The summed E-state index contributed by atoms with van der Waals surface area (Å²) in [5, 5.41) is 3.44. The molecule has 1 aromatic rings. The van der Waals surface area contributed by atoms with E-state index in [2.05, 4.69) is 48.3 Å². The second-order valence-electron chi connectivity index (χ2n) is 4.73. The SMILES string of the molecule is CCN(CC1CCNC1)c1ccc(C)cc1. The molecule has 0 bridgehead atoms. The van der Waals surface area contributed by atoms with E-state index in [4.69, 9.17) is 0 Å². The van der Waals surface area contributed by atoms with Crippen LogP contribution in [0.2, 0.25) is 0 Å². The number of benzene rings is 1. The first-order chi connectivity index (χ1) is 7.79. The molecular weight excluding hydrogens is 196 g/mol. The van der Waals surface area contributed by atoms with Crippen LogP contribution < -0.4 is 10.2 Å². The fourth-order valence-corrected chi connectivity index (χ4v) is 2.35. The molecule has 16 heavy (non-hydrogen) atoms. The van der Waals surface area contributed by atoms with Crippen molar-refractivity contribution in [3.8, 4) is 0 Å². The third-order valence-corrected chi connectivity index (χ3v) is 3.42. The van der Waals surface area contributed by atoms with Gasteiger partial charge in [-0.25, -0.2) is 0 Å². The Morgan fingerprint density at radius 3 is 2.62 bits per heavy atom. The first-order valence-electron chi connectivity index (χ1n) is 6.32. The van der Waals surface area contributed by atoms with Crippen molar-refractivity contribution in [1.29, 1.82) is 0 Å². The summed E-state index contributed by atoms with van der Waals surface area (Å²) in [6.45, 7) is 9.04. The van der Waals surface area contributed by atoms with Gasteiger partial charge in [-0.15, -0.1) is 0 Å². The lowest BCUT2D eigenvalue weighted by Crippen LogP contribution is -2.30. The van der Waals surface area contributed by atoms with Gasteiger partial charge in [-0.1, -0.05) is 17.7 Å². The van der Waals surface area contributed by atoms with Gasteiger partial charge < -0.3 is 10.2 Å². The lowest BCUT2D eigenvalue weighted by molar-refractivity contribution is 0.565. The molecule has 0 amide bonds. The monoisotopic (exact) mass is 218 g/mol. The average molecular weight is 218 g/mol. The quantitative estimate of drug-likeness (QED) is 0.835. The Bertz CT molecular complexity index is 312. The van der Waals surface area contributed by atoms with Crippen molar-refractivity contribution >= 4 is 5.69 Å². The van der Waals surface area contributed by atoms with Crippen LogP contribution in [-0.4, -0.2) is 26.2 Å². The fourth-order valence-electron chi connectivity index (χ4n) is 2.35.